The van der Waals surface area contributed by atoms with Crippen LogP contribution in [0, 0.1) is 0 Å². The van der Waals surface area contributed by atoms with Crippen LogP contribution in [-0.2, 0) is 14.1 Å². The second kappa shape index (κ2) is 11.8. The van der Waals surface area contributed by atoms with Crippen LogP contribution in [0.15, 0.2) is 30.3 Å². The molecule has 4 N–H and O–H groups in total. The average Bonchev–Trinajstić information content (AvgIpc) is 2.48. The van der Waals surface area contributed by atoms with Gasteiger partial charge in [0.25, 0.3) is 0 Å². The van der Waals surface area contributed by atoms with Crippen molar-refractivity contribution >= 4 is 30.6 Å². The standard InChI is InChI=1S/C10H12ClN2O3P.C2H7N/c11-6-7-16-10(9(14)13-12)17(15)8-4-2-1-3-5-8;1-3-2/h1-5,10H,6-7,12H2;3H,1-2H3/p+1. The number of benzene rings is 1. The maximum atomic E-state index is 12.1. The summed E-state index contributed by atoms with van der Waals surface area (Å²) in [6, 6.07) is 8.60. The van der Waals surface area contributed by atoms with Gasteiger partial charge in [0.15, 0.2) is 5.30 Å². The fourth-order valence-electron chi connectivity index (χ4n) is 1.19. The van der Waals surface area contributed by atoms with Gasteiger partial charge in [-0.25, -0.2) is 5.84 Å². The minimum atomic E-state index is -2.02. The minimum Gasteiger partial charge on any atom is -0.326 e. The molecule has 0 fully saturated rings. The zero-order valence-corrected chi connectivity index (χ0v) is 13.2. The zero-order chi connectivity index (χ0) is 15.4. The van der Waals surface area contributed by atoms with Crippen molar-refractivity contribution in [3.63, 3.8) is 0 Å². The van der Waals surface area contributed by atoms with Crippen molar-refractivity contribution in [3.05, 3.63) is 30.3 Å². The molecule has 0 aromatic heterocycles. The van der Waals surface area contributed by atoms with Crippen LogP contribution in [0.1, 0.15) is 0 Å². The molecule has 0 aliphatic carbocycles. The minimum absolute atomic E-state index is 0.132. The molecule has 20 heavy (non-hydrogen) atoms. The van der Waals surface area contributed by atoms with Gasteiger partial charge < -0.3 is 10.1 Å². The molecule has 2 atom stereocenters. The van der Waals surface area contributed by atoms with E-state index in [9.17, 15) is 9.36 Å². The Morgan fingerprint density at radius 2 is 1.95 bits per heavy atom. The molecule has 1 rings (SSSR count). The van der Waals surface area contributed by atoms with Crippen LogP contribution in [0.3, 0.4) is 0 Å². The lowest BCUT2D eigenvalue weighted by atomic mass is 10.4. The van der Waals surface area contributed by atoms with Crippen LogP contribution in [0.4, 0.5) is 0 Å². The number of hydrogen-bond donors (Lipinski definition) is 3. The highest BCUT2D eigenvalue weighted by Gasteiger charge is 2.39. The first-order valence-corrected chi connectivity index (χ1v) is 7.76. The van der Waals surface area contributed by atoms with E-state index in [0.29, 0.717) is 5.30 Å². The Balaban J connectivity index is 0.00000110. The summed E-state index contributed by atoms with van der Waals surface area (Å²) < 4.78 is 17.3. The number of carbonyl (C=O) groups is 1. The van der Waals surface area contributed by atoms with Crippen molar-refractivity contribution < 1.29 is 14.1 Å². The summed E-state index contributed by atoms with van der Waals surface area (Å²) in [4.78, 5) is 11.4. The predicted octanol–water partition coefficient (Wildman–Crippen LogP) is 0.546. The Morgan fingerprint density at radius 3 is 2.40 bits per heavy atom. The van der Waals surface area contributed by atoms with Crippen molar-refractivity contribution in [2.75, 3.05) is 26.6 Å². The van der Waals surface area contributed by atoms with Crippen LogP contribution in [0.5, 0.6) is 0 Å². The molecule has 6 nitrogen and oxygen atoms in total. The van der Waals surface area contributed by atoms with Crippen LogP contribution in [0.25, 0.3) is 0 Å². The van der Waals surface area contributed by atoms with Crippen LogP contribution in [-0.4, -0.2) is 38.3 Å². The van der Waals surface area contributed by atoms with Gasteiger partial charge in [0, 0.05) is 5.88 Å². The van der Waals surface area contributed by atoms with Gasteiger partial charge in [0.1, 0.15) is 0 Å². The van der Waals surface area contributed by atoms with Crippen molar-refractivity contribution in [2.24, 2.45) is 5.84 Å². The molecule has 0 spiro atoms. The smallest absolute Gasteiger partial charge is 0.326 e. The number of halogens is 1. The van der Waals surface area contributed by atoms with E-state index in [0.717, 1.165) is 0 Å². The number of nitrogens with two attached hydrogens (primary N) is 1. The third kappa shape index (κ3) is 6.93. The monoisotopic (exact) mass is 320 g/mol. The highest BCUT2D eigenvalue weighted by atomic mass is 35.5. The number of ether oxygens (including phenoxy) is 1. The quantitative estimate of drug-likeness (QED) is 0.234. The lowest BCUT2D eigenvalue weighted by Crippen LogP contribution is -2.40. The molecule has 2 unspecified atom stereocenters. The first-order chi connectivity index (χ1) is 9.62. The number of amides is 1. The molecular weight excluding hydrogens is 301 g/mol. The van der Waals surface area contributed by atoms with E-state index >= 15 is 0 Å². The van der Waals surface area contributed by atoms with Crippen LogP contribution in [0.2, 0.25) is 0 Å². The number of hydrazine groups is 1. The topological polar surface area (TPSA) is 93.5 Å². The Hall–Kier alpha value is -1.04. The Morgan fingerprint density at radius 1 is 1.40 bits per heavy atom. The van der Waals surface area contributed by atoms with Gasteiger partial charge in [0.2, 0.25) is 0 Å². The molecule has 0 aliphatic rings. The lowest BCUT2D eigenvalue weighted by molar-refractivity contribution is -0.127. The van der Waals surface area contributed by atoms with Gasteiger partial charge >= 0.3 is 19.6 Å². The van der Waals surface area contributed by atoms with E-state index in [1.807, 2.05) is 19.5 Å². The number of nitrogens with one attached hydrogen (secondary N) is 2. The number of alkyl halides is 1. The second-order valence-electron chi connectivity index (χ2n) is 3.58. The van der Waals surface area contributed by atoms with E-state index < -0.39 is 19.6 Å². The van der Waals surface area contributed by atoms with E-state index in [-0.39, 0.29) is 12.5 Å². The van der Waals surface area contributed by atoms with Gasteiger partial charge in [-0.2, -0.15) is 0 Å². The third-order valence-corrected chi connectivity index (χ3v) is 3.71. The number of hydrogen-bond acceptors (Lipinski definition) is 5. The molecule has 0 radical (unpaired) electrons. The molecule has 0 heterocycles. The zero-order valence-electron chi connectivity index (χ0n) is 11.5. The van der Waals surface area contributed by atoms with Gasteiger partial charge in [-0.05, 0) is 26.2 Å². The fraction of sp³-hybridized carbons (Fsp3) is 0.417. The molecule has 0 saturated carbocycles. The van der Waals surface area contributed by atoms with Crippen molar-refractivity contribution in [3.8, 4) is 0 Å². The molecule has 1 aromatic rings. The SMILES string of the molecule is CNC.NNC(=O)C(OCCCl)[P+](=O)c1ccccc1. The van der Waals surface area contributed by atoms with Crippen molar-refractivity contribution in [2.45, 2.75) is 5.85 Å². The molecule has 0 aliphatic heterocycles. The molecule has 1 amide bonds. The summed E-state index contributed by atoms with van der Waals surface area (Å²) >= 11 is 5.46. The van der Waals surface area contributed by atoms with E-state index in [1.54, 1.807) is 30.3 Å². The van der Waals surface area contributed by atoms with Gasteiger partial charge in [-0.15, -0.1) is 11.6 Å². The van der Waals surface area contributed by atoms with E-state index in [2.05, 4.69) is 5.32 Å². The molecule has 112 valence electrons. The van der Waals surface area contributed by atoms with Gasteiger partial charge in [-0.3, -0.25) is 10.2 Å². The third-order valence-electron chi connectivity index (χ3n) is 1.94. The number of carbonyl (C=O) groups excluding carboxylic acids is 1. The fourth-order valence-corrected chi connectivity index (χ4v) is 2.54. The summed E-state index contributed by atoms with van der Waals surface area (Å²) in [5.41, 5.74) is 1.93. The Bertz CT molecular complexity index is 406. The lowest BCUT2D eigenvalue weighted by Gasteiger charge is -2.06. The van der Waals surface area contributed by atoms with E-state index in [4.69, 9.17) is 22.2 Å². The summed E-state index contributed by atoms with van der Waals surface area (Å²) in [6.45, 7) is 0.132. The van der Waals surface area contributed by atoms with Crippen molar-refractivity contribution in [1.82, 2.24) is 10.7 Å². The molecule has 1 aromatic carbocycles. The number of rotatable bonds is 6. The first kappa shape index (κ1) is 19.0. The Labute approximate surface area is 124 Å². The summed E-state index contributed by atoms with van der Waals surface area (Å²) in [5, 5.41) is 3.28. The predicted molar refractivity (Wildman–Crippen MR) is 81.5 cm³/mol. The highest BCUT2D eigenvalue weighted by molar-refractivity contribution is 7.55. The van der Waals surface area contributed by atoms with Crippen LogP contribution < -0.4 is 21.9 Å². The average molecular weight is 321 g/mol. The van der Waals surface area contributed by atoms with Gasteiger partial charge in [-0.1, -0.05) is 22.8 Å². The normalized spacial score (nSPS) is 11.9. The summed E-state index contributed by atoms with van der Waals surface area (Å²) in [7, 11) is 1.73. The second-order valence-corrected chi connectivity index (χ2v) is 5.60. The van der Waals surface area contributed by atoms with Crippen LogP contribution >= 0.6 is 19.4 Å². The molecule has 8 heteroatoms. The maximum Gasteiger partial charge on any atom is 0.419 e. The molecule has 0 saturated heterocycles. The van der Waals surface area contributed by atoms with Crippen molar-refractivity contribution in [1.29, 1.82) is 0 Å². The molecular formula is C12H20ClN3O3P+. The first-order valence-electron chi connectivity index (χ1n) is 5.90. The van der Waals surface area contributed by atoms with Gasteiger partial charge in [0.05, 0.1) is 6.61 Å². The van der Waals surface area contributed by atoms with E-state index in [1.165, 1.54) is 0 Å². The molecule has 0 bridgehead atoms. The Kier molecular flexibility index (Phi) is 11.1. The summed E-state index contributed by atoms with van der Waals surface area (Å²) in [5.74, 6) is 3.49. The highest BCUT2D eigenvalue weighted by Crippen LogP contribution is 2.28. The maximum absolute atomic E-state index is 12.1. The largest absolute Gasteiger partial charge is 0.419 e. The summed E-state index contributed by atoms with van der Waals surface area (Å²) in [6.07, 6.45) is 0.